The van der Waals surface area contributed by atoms with E-state index in [2.05, 4.69) is 10.6 Å². The lowest BCUT2D eigenvalue weighted by Crippen LogP contribution is -2.44. The minimum absolute atomic E-state index is 0.105. The van der Waals surface area contributed by atoms with Crippen LogP contribution in [0.2, 0.25) is 0 Å². The van der Waals surface area contributed by atoms with E-state index in [4.69, 9.17) is 13.9 Å². The summed E-state index contributed by atoms with van der Waals surface area (Å²) in [5.41, 5.74) is 0.0320. The van der Waals surface area contributed by atoms with Crippen LogP contribution < -0.4 is 31.4 Å². The second-order valence-electron chi connectivity index (χ2n) is 8.20. The van der Waals surface area contributed by atoms with E-state index in [1.807, 2.05) is 6.92 Å². The van der Waals surface area contributed by atoms with Crippen LogP contribution in [0, 0.1) is 6.92 Å². The van der Waals surface area contributed by atoms with E-state index in [1.54, 1.807) is 48.5 Å². The SMILES string of the molecule is COc1cc(OC)c(NC(=O)Cn2c(=O)n(CC(=O)NCc3ccco3)c(=O)c3ccccc32)cc1C. The summed E-state index contributed by atoms with van der Waals surface area (Å²) >= 11 is 0. The topological polar surface area (TPSA) is 134 Å². The molecule has 0 bridgehead atoms. The lowest BCUT2D eigenvalue weighted by molar-refractivity contribution is -0.122. The standard InChI is InChI=1S/C26H26N4O7/c1-16-11-19(22(36-3)12-21(16)35-2)28-24(32)15-29-20-9-5-4-8-18(20)25(33)30(26(29)34)14-23(31)27-13-17-7-6-10-37-17/h4-12H,13-15H2,1-3H3,(H,27,31)(H,28,32). The molecule has 4 aromatic rings. The number of fused-ring (bicyclic) bond motifs is 1. The van der Waals surface area contributed by atoms with Gasteiger partial charge in [0.25, 0.3) is 5.56 Å². The Balaban J connectivity index is 1.64. The van der Waals surface area contributed by atoms with E-state index in [-0.39, 0.29) is 17.4 Å². The van der Waals surface area contributed by atoms with Crippen molar-refractivity contribution in [3.63, 3.8) is 0 Å². The molecular formula is C26H26N4O7. The Hall–Kier alpha value is -4.80. The summed E-state index contributed by atoms with van der Waals surface area (Å²) in [4.78, 5) is 51.9. The van der Waals surface area contributed by atoms with Gasteiger partial charge in [-0.25, -0.2) is 4.79 Å². The lowest BCUT2D eigenvalue weighted by Gasteiger charge is -2.16. The third-order valence-corrected chi connectivity index (χ3v) is 5.77. The van der Waals surface area contributed by atoms with E-state index >= 15 is 0 Å². The predicted molar refractivity (Wildman–Crippen MR) is 136 cm³/mol. The molecule has 0 saturated carbocycles. The van der Waals surface area contributed by atoms with Crippen LogP contribution >= 0.6 is 0 Å². The van der Waals surface area contributed by atoms with Gasteiger partial charge in [-0.05, 0) is 42.8 Å². The lowest BCUT2D eigenvalue weighted by atomic mass is 10.2. The number of nitrogens with zero attached hydrogens (tertiary/aromatic N) is 2. The number of aromatic nitrogens is 2. The number of hydrogen-bond donors (Lipinski definition) is 2. The molecule has 0 aliphatic heterocycles. The summed E-state index contributed by atoms with van der Waals surface area (Å²) in [7, 11) is 2.99. The number of ether oxygens (including phenoxy) is 2. The number of methoxy groups -OCH3 is 2. The fraction of sp³-hybridized carbons (Fsp3) is 0.231. The van der Waals surface area contributed by atoms with Gasteiger partial charge in [0.1, 0.15) is 30.3 Å². The molecular weight excluding hydrogens is 480 g/mol. The molecule has 0 fully saturated rings. The van der Waals surface area contributed by atoms with Crippen LogP contribution in [0.4, 0.5) is 5.69 Å². The van der Waals surface area contributed by atoms with Crippen molar-refractivity contribution in [1.82, 2.24) is 14.5 Å². The third kappa shape index (κ3) is 5.40. The molecule has 11 nitrogen and oxygen atoms in total. The first-order valence-corrected chi connectivity index (χ1v) is 11.4. The highest BCUT2D eigenvalue weighted by atomic mass is 16.5. The maximum absolute atomic E-state index is 13.3. The predicted octanol–water partition coefficient (Wildman–Crippen LogP) is 2.04. The molecule has 0 aliphatic carbocycles. The molecule has 2 aromatic carbocycles. The zero-order valence-corrected chi connectivity index (χ0v) is 20.6. The number of aryl methyl sites for hydroxylation is 1. The molecule has 0 atom stereocenters. The van der Waals surface area contributed by atoms with Crippen LogP contribution in [0.15, 0.2) is 68.8 Å². The maximum Gasteiger partial charge on any atom is 0.332 e. The third-order valence-electron chi connectivity index (χ3n) is 5.77. The Bertz CT molecular complexity index is 1570. The second kappa shape index (κ2) is 10.9. The number of rotatable bonds is 9. The molecule has 11 heteroatoms. The zero-order valence-electron chi connectivity index (χ0n) is 20.6. The minimum Gasteiger partial charge on any atom is -0.496 e. The average molecular weight is 507 g/mol. The van der Waals surface area contributed by atoms with Crippen LogP contribution in [0.3, 0.4) is 0 Å². The first-order chi connectivity index (χ1) is 17.8. The van der Waals surface area contributed by atoms with E-state index < -0.39 is 36.2 Å². The number of anilines is 1. The van der Waals surface area contributed by atoms with E-state index in [0.29, 0.717) is 22.9 Å². The average Bonchev–Trinajstić information content (AvgIpc) is 3.42. The molecule has 0 aliphatic rings. The summed E-state index contributed by atoms with van der Waals surface area (Å²) < 4.78 is 17.8. The van der Waals surface area contributed by atoms with Crippen LogP contribution in [-0.4, -0.2) is 35.2 Å². The van der Waals surface area contributed by atoms with Crippen LogP contribution in [0.5, 0.6) is 11.5 Å². The molecule has 2 heterocycles. The van der Waals surface area contributed by atoms with Crippen LogP contribution in [0.25, 0.3) is 10.9 Å². The van der Waals surface area contributed by atoms with E-state index in [0.717, 1.165) is 14.7 Å². The molecule has 192 valence electrons. The molecule has 0 unspecified atom stereocenters. The number of benzene rings is 2. The number of furan rings is 1. The van der Waals surface area contributed by atoms with Gasteiger partial charge in [-0.2, -0.15) is 0 Å². The number of nitrogens with one attached hydrogen (secondary N) is 2. The first-order valence-electron chi connectivity index (χ1n) is 11.4. The van der Waals surface area contributed by atoms with Crippen molar-refractivity contribution in [3.8, 4) is 11.5 Å². The number of carbonyl (C=O) groups is 2. The molecule has 37 heavy (non-hydrogen) atoms. The quantitative estimate of drug-likeness (QED) is 0.355. The van der Waals surface area contributed by atoms with Gasteiger partial charge < -0.3 is 24.5 Å². The van der Waals surface area contributed by atoms with Crippen molar-refractivity contribution in [2.24, 2.45) is 0 Å². The molecule has 0 spiro atoms. The monoisotopic (exact) mass is 506 g/mol. The van der Waals surface area contributed by atoms with Crippen molar-refractivity contribution in [2.45, 2.75) is 26.6 Å². The van der Waals surface area contributed by atoms with Gasteiger partial charge in [0.05, 0.1) is 43.6 Å². The number of amides is 2. The number of carbonyl (C=O) groups excluding carboxylic acids is 2. The van der Waals surface area contributed by atoms with Gasteiger partial charge in [-0.1, -0.05) is 12.1 Å². The van der Waals surface area contributed by atoms with Gasteiger partial charge >= 0.3 is 5.69 Å². The first kappa shape index (κ1) is 25.3. The number of hydrogen-bond acceptors (Lipinski definition) is 7. The molecule has 4 rings (SSSR count). The molecule has 2 N–H and O–H groups in total. The summed E-state index contributed by atoms with van der Waals surface area (Å²) in [6, 6.07) is 13.1. The van der Waals surface area contributed by atoms with E-state index in [1.165, 1.54) is 20.5 Å². The summed E-state index contributed by atoms with van der Waals surface area (Å²) in [6.45, 7) is 1.00. The highest BCUT2D eigenvalue weighted by molar-refractivity contribution is 5.93. The Labute approximate surface area is 211 Å². The maximum atomic E-state index is 13.3. The molecule has 2 amide bonds. The van der Waals surface area contributed by atoms with Crippen molar-refractivity contribution in [3.05, 3.63) is 87.0 Å². The Morgan fingerprint density at radius 1 is 0.919 bits per heavy atom. The molecule has 2 aromatic heterocycles. The summed E-state index contributed by atoms with van der Waals surface area (Å²) in [5.74, 6) is 0.418. The van der Waals surface area contributed by atoms with Gasteiger partial charge in [-0.15, -0.1) is 0 Å². The zero-order chi connectivity index (χ0) is 26.5. The van der Waals surface area contributed by atoms with Gasteiger partial charge in [0.15, 0.2) is 0 Å². The Morgan fingerprint density at radius 3 is 2.35 bits per heavy atom. The minimum atomic E-state index is -0.787. The van der Waals surface area contributed by atoms with Gasteiger partial charge in [0, 0.05) is 6.07 Å². The van der Waals surface area contributed by atoms with Crippen LogP contribution in [-0.2, 0) is 29.2 Å². The second-order valence-corrected chi connectivity index (χ2v) is 8.20. The Morgan fingerprint density at radius 2 is 1.65 bits per heavy atom. The van der Waals surface area contributed by atoms with E-state index in [9.17, 15) is 19.2 Å². The summed E-state index contributed by atoms with van der Waals surface area (Å²) in [6.07, 6.45) is 1.47. The van der Waals surface area contributed by atoms with Gasteiger partial charge in [-0.3, -0.25) is 23.5 Å². The van der Waals surface area contributed by atoms with Gasteiger partial charge in [0.2, 0.25) is 11.8 Å². The summed E-state index contributed by atoms with van der Waals surface area (Å²) in [5, 5.41) is 5.56. The molecule has 0 saturated heterocycles. The van der Waals surface area contributed by atoms with Crippen molar-refractivity contribution >= 4 is 28.4 Å². The van der Waals surface area contributed by atoms with Crippen molar-refractivity contribution < 1.29 is 23.5 Å². The van der Waals surface area contributed by atoms with Crippen LogP contribution in [0.1, 0.15) is 11.3 Å². The van der Waals surface area contributed by atoms with Crippen molar-refractivity contribution in [1.29, 1.82) is 0 Å². The highest BCUT2D eigenvalue weighted by Crippen LogP contribution is 2.32. The normalized spacial score (nSPS) is 10.8. The fourth-order valence-electron chi connectivity index (χ4n) is 3.95. The highest BCUT2D eigenvalue weighted by Gasteiger charge is 2.18. The Kier molecular flexibility index (Phi) is 7.42. The van der Waals surface area contributed by atoms with Crippen molar-refractivity contribution in [2.75, 3.05) is 19.5 Å². The molecule has 0 radical (unpaired) electrons. The smallest absolute Gasteiger partial charge is 0.332 e. The fourth-order valence-corrected chi connectivity index (χ4v) is 3.95. The number of para-hydroxylation sites is 1. The largest absolute Gasteiger partial charge is 0.496 e.